The van der Waals surface area contributed by atoms with Crippen molar-refractivity contribution >= 4 is 18.7 Å². The first-order chi connectivity index (χ1) is 15.4. The number of hydrogen-bond acceptors (Lipinski definition) is 3. The van der Waals surface area contributed by atoms with Crippen LogP contribution in [0, 0.1) is 0 Å². The monoisotopic (exact) mass is 448 g/mol. The highest BCUT2D eigenvalue weighted by Crippen LogP contribution is 2.38. The lowest BCUT2D eigenvalue weighted by Crippen LogP contribution is -2.67. The number of benzene rings is 3. The predicted molar refractivity (Wildman–Crippen MR) is 135 cm³/mol. The lowest BCUT2D eigenvalue weighted by molar-refractivity contribution is -0.0207. The smallest absolute Gasteiger partial charge is 0.261 e. The summed E-state index contributed by atoms with van der Waals surface area (Å²) in [6, 6.07) is 31.4. The van der Waals surface area contributed by atoms with Crippen molar-refractivity contribution < 1.29 is 14.3 Å². The zero-order valence-corrected chi connectivity index (χ0v) is 20.7. The minimum absolute atomic E-state index is 0.0265. The van der Waals surface area contributed by atoms with Crippen molar-refractivity contribution in [3.8, 4) is 0 Å². The molecule has 32 heavy (non-hydrogen) atoms. The second-order valence-corrected chi connectivity index (χ2v) is 13.7. The van der Waals surface area contributed by atoms with Crippen LogP contribution in [0.1, 0.15) is 39.7 Å². The SMILES string of the molecule is C[C@@H](C[C@@H](CO)OCc1ccccc1)O[Si](c1ccccc1)(c1ccccc1)C(C)(C)C. The molecule has 0 saturated heterocycles. The number of hydrogen-bond donors (Lipinski definition) is 1. The lowest BCUT2D eigenvalue weighted by atomic mass is 10.2. The molecule has 0 aliphatic heterocycles. The zero-order chi connectivity index (χ0) is 23.0. The van der Waals surface area contributed by atoms with E-state index >= 15 is 0 Å². The molecule has 0 aromatic heterocycles. The third-order valence-electron chi connectivity index (χ3n) is 5.92. The van der Waals surface area contributed by atoms with Crippen LogP contribution in [0.15, 0.2) is 91.0 Å². The van der Waals surface area contributed by atoms with Gasteiger partial charge in [0.1, 0.15) is 0 Å². The van der Waals surface area contributed by atoms with Gasteiger partial charge in [-0.15, -0.1) is 0 Å². The van der Waals surface area contributed by atoms with E-state index in [1.54, 1.807) is 0 Å². The average Bonchev–Trinajstić information content (AvgIpc) is 2.81. The maximum absolute atomic E-state index is 9.98. The minimum Gasteiger partial charge on any atom is -0.405 e. The van der Waals surface area contributed by atoms with Gasteiger partial charge in [-0.05, 0) is 27.9 Å². The summed E-state index contributed by atoms with van der Waals surface area (Å²) >= 11 is 0. The van der Waals surface area contributed by atoms with Crippen molar-refractivity contribution in [2.45, 2.75) is 58.0 Å². The van der Waals surface area contributed by atoms with Gasteiger partial charge in [-0.2, -0.15) is 0 Å². The van der Waals surface area contributed by atoms with Gasteiger partial charge < -0.3 is 14.3 Å². The van der Waals surface area contributed by atoms with Crippen molar-refractivity contribution in [1.29, 1.82) is 0 Å². The van der Waals surface area contributed by atoms with E-state index in [-0.39, 0.29) is 23.9 Å². The molecule has 4 heteroatoms. The van der Waals surface area contributed by atoms with Gasteiger partial charge in [-0.1, -0.05) is 112 Å². The second kappa shape index (κ2) is 11.1. The molecule has 3 nitrogen and oxygen atoms in total. The van der Waals surface area contributed by atoms with Crippen LogP contribution in [0.5, 0.6) is 0 Å². The summed E-state index contributed by atoms with van der Waals surface area (Å²) in [5.41, 5.74) is 1.10. The van der Waals surface area contributed by atoms with Crippen LogP contribution in [0.25, 0.3) is 0 Å². The third-order valence-corrected chi connectivity index (χ3v) is 11.1. The number of rotatable bonds is 10. The second-order valence-electron chi connectivity index (χ2n) is 9.43. The molecule has 0 aliphatic carbocycles. The Hall–Kier alpha value is -2.24. The molecular formula is C28H36O3Si. The normalized spacial score (nSPS) is 14.2. The number of ether oxygens (including phenoxy) is 1. The Morgan fingerprint density at radius 1 is 0.781 bits per heavy atom. The standard InChI is InChI=1S/C28H36O3Si/c1-23(20-25(21-29)30-22-24-14-8-5-9-15-24)31-32(28(2,3)4,26-16-10-6-11-17-26)27-18-12-7-13-19-27/h5-19,23,25,29H,20-22H2,1-4H3/t23-,25-/m0/s1. The van der Waals surface area contributed by atoms with Crippen LogP contribution >= 0.6 is 0 Å². The molecule has 170 valence electrons. The van der Waals surface area contributed by atoms with Gasteiger partial charge in [0.2, 0.25) is 0 Å². The summed E-state index contributed by atoms with van der Waals surface area (Å²) < 4.78 is 13.2. The maximum atomic E-state index is 9.98. The Balaban J connectivity index is 1.85. The van der Waals surface area contributed by atoms with E-state index < -0.39 is 8.32 Å². The first-order valence-corrected chi connectivity index (χ1v) is 13.3. The largest absolute Gasteiger partial charge is 0.405 e. The third kappa shape index (κ3) is 5.76. The van der Waals surface area contributed by atoms with Crippen molar-refractivity contribution in [2.75, 3.05) is 6.61 Å². The molecule has 0 heterocycles. The molecule has 0 unspecified atom stereocenters. The fourth-order valence-electron chi connectivity index (χ4n) is 4.39. The van der Waals surface area contributed by atoms with E-state index in [1.807, 2.05) is 30.3 Å². The summed E-state index contributed by atoms with van der Waals surface area (Å²) in [5.74, 6) is 0. The van der Waals surface area contributed by atoms with E-state index in [9.17, 15) is 5.11 Å². The van der Waals surface area contributed by atoms with Gasteiger partial charge in [-0.3, -0.25) is 0 Å². The first kappa shape index (κ1) is 24.4. The van der Waals surface area contributed by atoms with Gasteiger partial charge in [0.25, 0.3) is 8.32 Å². The molecule has 3 rings (SSSR count). The summed E-state index contributed by atoms with van der Waals surface area (Å²) in [5, 5.41) is 12.4. The topological polar surface area (TPSA) is 38.7 Å². The quantitative estimate of drug-likeness (QED) is 0.448. The fourth-order valence-corrected chi connectivity index (χ4v) is 9.11. The summed E-state index contributed by atoms with van der Waals surface area (Å²) in [6.07, 6.45) is 0.283. The Kier molecular flexibility index (Phi) is 8.43. The maximum Gasteiger partial charge on any atom is 0.261 e. The molecular weight excluding hydrogens is 412 g/mol. The highest BCUT2D eigenvalue weighted by atomic mass is 28.4. The van der Waals surface area contributed by atoms with Crippen LogP contribution in [0.3, 0.4) is 0 Å². The zero-order valence-electron chi connectivity index (χ0n) is 19.7. The Morgan fingerprint density at radius 2 is 1.25 bits per heavy atom. The molecule has 0 saturated carbocycles. The van der Waals surface area contributed by atoms with Crippen LogP contribution in [0.2, 0.25) is 5.04 Å². The molecule has 0 bridgehead atoms. The Morgan fingerprint density at radius 3 is 1.69 bits per heavy atom. The van der Waals surface area contributed by atoms with E-state index in [2.05, 4.69) is 88.4 Å². The molecule has 3 aromatic carbocycles. The van der Waals surface area contributed by atoms with E-state index in [4.69, 9.17) is 9.16 Å². The highest BCUT2D eigenvalue weighted by molar-refractivity contribution is 6.99. The minimum atomic E-state index is -2.62. The molecule has 0 aliphatic rings. The van der Waals surface area contributed by atoms with Crippen molar-refractivity contribution in [3.05, 3.63) is 96.6 Å². The average molecular weight is 449 g/mol. The molecule has 0 fully saturated rings. The summed E-state index contributed by atoms with van der Waals surface area (Å²) in [6.45, 7) is 9.40. The van der Waals surface area contributed by atoms with Gasteiger partial charge >= 0.3 is 0 Å². The molecule has 0 spiro atoms. The fraction of sp³-hybridized carbons (Fsp3) is 0.357. The van der Waals surface area contributed by atoms with Crippen molar-refractivity contribution in [2.24, 2.45) is 0 Å². The van der Waals surface area contributed by atoms with E-state index in [0.29, 0.717) is 13.0 Å². The highest BCUT2D eigenvalue weighted by Gasteiger charge is 2.51. The van der Waals surface area contributed by atoms with Crippen molar-refractivity contribution in [1.82, 2.24) is 0 Å². The Labute approximate surface area is 194 Å². The molecule has 2 atom stereocenters. The van der Waals surface area contributed by atoms with Crippen LogP contribution in [-0.2, 0) is 15.8 Å². The van der Waals surface area contributed by atoms with Crippen molar-refractivity contribution in [3.63, 3.8) is 0 Å². The molecule has 0 radical (unpaired) electrons. The van der Waals surface area contributed by atoms with Gasteiger partial charge in [-0.25, -0.2) is 0 Å². The van der Waals surface area contributed by atoms with Gasteiger partial charge in [0, 0.05) is 12.5 Å². The van der Waals surface area contributed by atoms with Crippen LogP contribution < -0.4 is 10.4 Å². The summed E-state index contributed by atoms with van der Waals surface area (Å²) in [7, 11) is -2.62. The molecule has 1 N–H and O–H groups in total. The van der Waals surface area contributed by atoms with Crippen LogP contribution in [-0.4, -0.2) is 32.2 Å². The number of aliphatic hydroxyl groups is 1. The number of aliphatic hydroxyl groups excluding tert-OH is 1. The first-order valence-electron chi connectivity index (χ1n) is 11.4. The molecule has 3 aromatic rings. The van der Waals surface area contributed by atoms with E-state index in [1.165, 1.54) is 10.4 Å². The van der Waals surface area contributed by atoms with Gasteiger partial charge in [0.15, 0.2) is 0 Å². The van der Waals surface area contributed by atoms with Gasteiger partial charge in [0.05, 0.1) is 19.3 Å². The lowest BCUT2D eigenvalue weighted by Gasteiger charge is -2.45. The predicted octanol–water partition coefficient (Wildman–Crippen LogP) is 4.92. The molecule has 0 amide bonds. The van der Waals surface area contributed by atoms with E-state index in [0.717, 1.165) is 5.56 Å². The van der Waals surface area contributed by atoms with Crippen LogP contribution in [0.4, 0.5) is 0 Å². The Bertz CT molecular complexity index is 884. The summed E-state index contributed by atoms with van der Waals surface area (Å²) in [4.78, 5) is 0.